The number of nitrogens with zero attached hydrogens (tertiary/aromatic N) is 1. The molecule has 0 aliphatic rings. The van der Waals surface area contributed by atoms with Gasteiger partial charge in [0.2, 0.25) is 6.08 Å². The summed E-state index contributed by atoms with van der Waals surface area (Å²) in [5.74, 6) is -0.626. The maximum absolute atomic E-state index is 11.9. The molecule has 1 aromatic rings. The molecule has 0 bridgehead atoms. The first-order valence-electron chi connectivity index (χ1n) is 5.05. The molecule has 0 N–H and O–H groups in total. The summed E-state index contributed by atoms with van der Waals surface area (Å²) in [4.78, 5) is 25.4. The van der Waals surface area contributed by atoms with Gasteiger partial charge in [0.25, 0.3) is 0 Å². The average molecular weight is 288 g/mol. The third kappa shape index (κ3) is 3.84. The van der Waals surface area contributed by atoms with Crippen LogP contribution in [0.3, 0.4) is 0 Å². The van der Waals surface area contributed by atoms with Crippen LogP contribution in [0.5, 0.6) is 0 Å². The largest absolute Gasteiger partial charge is 0.456 e. The molecule has 96 valence electrons. The van der Waals surface area contributed by atoms with Crippen LogP contribution in [0, 0.1) is 0 Å². The van der Waals surface area contributed by atoms with Crippen LogP contribution in [0.15, 0.2) is 17.1 Å². The van der Waals surface area contributed by atoms with Gasteiger partial charge in [0.1, 0.15) is 5.60 Å². The molecule has 0 amide bonds. The number of hydrogen-bond donors (Lipinski definition) is 0. The highest BCUT2D eigenvalue weighted by molar-refractivity contribution is 6.39. The molecule has 0 saturated carbocycles. The van der Waals surface area contributed by atoms with Crippen molar-refractivity contribution in [1.82, 2.24) is 0 Å². The number of benzene rings is 1. The lowest BCUT2D eigenvalue weighted by Gasteiger charge is -2.20. The van der Waals surface area contributed by atoms with Gasteiger partial charge in [-0.25, -0.2) is 9.59 Å². The molecule has 0 spiro atoms. The van der Waals surface area contributed by atoms with Gasteiger partial charge in [0.05, 0.1) is 21.3 Å². The third-order valence-corrected chi connectivity index (χ3v) is 2.40. The number of esters is 1. The van der Waals surface area contributed by atoms with Crippen molar-refractivity contribution in [2.45, 2.75) is 26.4 Å². The smallest absolute Gasteiger partial charge is 0.341 e. The minimum absolute atomic E-state index is 0.0538. The van der Waals surface area contributed by atoms with E-state index in [0.29, 0.717) is 0 Å². The Balaban J connectivity index is 3.18. The predicted octanol–water partition coefficient (Wildman–Crippen LogP) is 3.92. The molecular formula is C12H11Cl2NO3. The van der Waals surface area contributed by atoms with Gasteiger partial charge in [-0.1, -0.05) is 23.2 Å². The lowest BCUT2D eigenvalue weighted by Crippen LogP contribution is -2.24. The van der Waals surface area contributed by atoms with E-state index in [1.165, 1.54) is 18.2 Å². The fourth-order valence-electron chi connectivity index (χ4n) is 1.20. The Kier molecular flexibility index (Phi) is 4.52. The molecule has 0 aromatic heterocycles. The lowest BCUT2D eigenvalue weighted by molar-refractivity contribution is 0.00700. The Hall–Kier alpha value is -1.35. The van der Waals surface area contributed by atoms with E-state index in [9.17, 15) is 9.59 Å². The zero-order chi connectivity index (χ0) is 13.9. The van der Waals surface area contributed by atoms with E-state index in [0.717, 1.165) is 0 Å². The van der Waals surface area contributed by atoms with Crippen molar-refractivity contribution < 1.29 is 14.3 Å². The SMILES string of the molecule is CC(C)(C)OC(=O)c1c(Cl)cc(N=C=O)cc1Cl. The van der Waals surface area contributed by atoms with Crippen LogP contribution in [0.2, 0.25) is 10.0 Å². The quantitative estimate of drug-likeness (QED) is 0.471. The molecule has 1 rings (SSSR count). The second-order valence-corrected chi connectivity index (χ2v) is 5.30. The van der Waals surface area contributed by atoms with Gasteiger partial charge in [0.15, 0.2) is 0 Å². The molecule has 6 heteroatoms. The van der Waals surface area contributed by atoms with Crippen LogP contribution >= 0.6 is 23.2 Å². The van der Waals surface area contributed by atoms with Gasteiger partial charge in [-0.05, 0) is 32.9 Å². The number of isocyanates is 1. The minimum atomic E-state index is -0.649. The zero-order valence-corrected chi connectivity index (χ0v) is 11.6. The molecule has 4 nitrogen and oxygen atoms in total. The number of hydrogen-bond acceptors (Lipinski definition) is 4. The molecule has 0 fully saturated rings. The van der Waals surface area contributed by atoms with Crippen molar-refractivity contribution in [3.05, 3.63) is 27.7 Å². The normalized spacial score (nSPS) is 10.7. The summed E-state index contributed by atoms with van der Waals surface area (Å²) in [7, 11) is 0. The maximum Gasteiger partial charge on any atom is 0.341 e. The van der Waals surface area contributed by atoms with Gasteiger partial charge in [0, 0.05) is 0 Å². The first-order valence-corrected chi connectivity index (χ1v) is 5.80. The summed E-state index contributed by atoms with van der Waals surface area (Å²) in [6, 6.07) is 2.69. The summed E-state index contributed by atoms with van der Waals surface area (Å²) < 4.78 is 5.17. The minimum Gasteiger partial charge on any atom is -0.456 e. The van der Waals surface area contributed by atoms with Crippen LogP contribution in [0.25, 0.3) is 0 Å². The molecule has 0 saturated heterocycles. The highest BCUT2D eigenvalue weighted by Crippen LogP contribution is 2.31. The fraction of sp³-hybridized carbons (Fsp3) is 0.333. The second kappa shape index (κ2) is 5.53. The zero-order valence-electron chi connectivity index (χ0n) is 10.1. The van der Waals surface area contributed by atoms with Crippen molar-refractivity contribution in [2.24, 2.45) is 4.99 Å². The van der Waals surface area contributed by atoms with E-state index in [4.69, 9.17) is 27.9 Å². The van der Waals surface area contributed by atoms with E-state index in [2.05, 4.69) is 4.99 Å². The van der Waals surface area contributed by atoms with E-state index >= 15 is 0 Å². The highest BCUT2D eigenvalue weighted by Gasteiger charge is 2.23. The Bertz CT molecular complexity index is 506. The Morgan fingerprint density at radius 3 is 2.17 bits per heavy atom. The number of carbonyl (C=O) groups is 1. The van der Waals surface area contributed by atoms with E-state index in [-0.39, 0.29) is 21.3 Å². The summed E-state index contributed by atoms with van der Waals surface area (Å²) in [6.45, 7) is 5.20. The van der Waals surface area contributed by atoms with Crippen LogP contribution in [-0.4, -0.2) is 17.7 Å². The topological polar surface area (TPSA) is 55.7 Å². The van der Waals surface area contributed by atoms with Gasteiger partial charge < -0.3 is 4.74 Å². The Morgan fingerprint density at radius 1 is 1.28 bits per heavy atom. The van der Waals surface area contributed by atoms with Gasteiger partial charge >= 0.3 is 5.97 Å². The van der Waals surface area contributed by atoms with E-state index in [1.54, 1.807) is 20.8 Å². The molecule has 0 radical (unpaired) electrons. The molecule has 1 aromatic carbocycles. The molecule has 18 heavy (non-hydrogen) atoms. The third-order valence-electron chi connectivity index (χ3n) is 1.80. The summed E-state index contributed by atoms with van der Waals surface area (Å²) in [5.41, 5.74) is -0.367. The number of aliphatic imine (C=N–C) groups is 1. The second-order valence-electron chi connectivity index (χ2n) is 4.49. The molecule has 0 aliphatic carbocycles. The molecule has 0 atom stereocenters. The van der Waals surface area contributed by atoms with Crippen molar-refractivity contribution >= 4 is 40.9 Å². The van der Waals surface area contributed by atoms with Crippen LogP contribution < -0.4 is 0 Å². The van der Waals surface area contributed by atoms with Crippen molar-refractivity contribution in [2.75, 3.05) is 0 Å². The molecule has 0 heterocycles. The van der Waals surface area contributed by atoms with Gasteiger partial charge in [-0.3, -0.25) is 0 Å². The van der Waals surface area contributed by atoms with Gasteiger partial charge in [-0.2, -0.15) is 4.99 Å². The summed E-state index contributed by atoms with van der Waals surface area (Å²) >= 11 is 11.8. The predicted molar refractivity (Wildman–Crippen MR) is 69.4 cm³/mol. The van der Waals surface area contributed by atoms with Crippen LogP contribution in [0.1, 0.15) is 31.1 Å². The summed E-state index contributed by atoms with van der Waals surface area (Å²) in [6.07, 6.45) is 1.37. The highest BCUT2D eigenvalue weighted by atomic mass is 35.5. The number of carbonyl (C=O) groups excluding carboxylic acids is 2. The monoisotopic (exact) mass is 287 g/mol. The first-order chi connectivity index (χ1) is 8.24. The summed E-state index contributed by atoms with van der Waals surface area (Å²) in [5, 5.41) is 0.150. The van der Waals surface area contributed by atoms with Crippen LogP contribution in [0.4, 0.5) is 5.69 Å². The van der Waals surface area contributed by atoms with Crippen molar-refractivity contribution in [1.29, 1.82) is 0 Å². The number of halogens is 2. The first kappa shape index (κ1) is 14.7. The Morgan fingerprint density at radius 2 is 1.78 bits per heavy atom. The van der Waals surface area contributed by atoms with Gasteiger partial charge in [-0.15, -0.1) is 0 Å². The average Bonchev–Trinajstić information content (AvgIpc) is 2.13. The molecule has 0 aliphatic heterocycles. The van der Waals surface area contributed by atoms with Crippen molar-refractivity contribution in [3.8, 4) is 0 Å². The fourth-order valence-corrected chi connectivity index (χ4v) is 1.83. The van der Waals surface area contributed by atoms with E-state index in [1.807, 2.05) is 0 Å². The lowest BCUT2D eigenvalue weighted by atomic mass is 10.1. The van der Waals surface area contributed by atoms with Crippen molar-refractivity contribution in [3.63, 3.8) is 0 Å². The van der Waals surface area contributed by atoms with E-state index < -0.39 is 11.6 Å². The van der Waals surface area contributed by atoms with Crippen LogP contribution in [-0.2, 0) is 9.53 Å². The molecular weight excluding hydrogens is 277 g/mol. The number of rotatable bonds is 2. The number of ether oxygens (including phenoxy) is 1. The standard InChI is InChI=1S/C12H11Cl2NO3/c1-12(2,3)18-11(17)10-8(13)4-7(15-6-16)5-9(10)14/h4-5H,1-3H3. The Labute approximate surface area is 115 Å². The molecule has 0 unspecified atom stereocenters. The maximum atomic E-state index is 11.9.